The van der Waals surface area contributed by atoms with E-state index in [1.54, 1.807) is 31.2 Å². The van der Waals surface area contributed by atoms with Crippen LogP contribution in [0.25, 0.3) is 0 Å². The Morgan fingerprint density at radius 1 is 1.19 bits per heavy atom. The number of nitro benzene ring substituents is 1. The number of nitro groups is 1. The molecule has 108 valence electrons. The Hall–Kier alpha value is -2.89. The fourth-order valence-corrected chi connectivity index (χ4v) is 1.93. The number of benzene rings is 2. The van der Waals surface area contributed by atoms with Gasteiger partial charge in [0.2, 0.25) is 0 Å². The summed E-state index contributed by atoms with van der Waals surface area (Å²) in [6, 6.07) is 9.47. The van der Waals surface area contributed by atoms with Crippen molar-refractivity contribution in [2.75, 3.05) is 11.1 Å². The number of aryl methyl sites for hydroxylation is 2. The summed E-state index contributed by atoms with van der Waals surface area (Å²) in [5.74, 6) is -0.436. The predicted molar refractivity (Wildman–Crippen MR) is 81.4 cm³/mol. The Labute approximate surface area is 121 Å². The Kier molecular flexibility index (Phi) is 3.89. The first-order valence-corrected chi connectivity index (χ1v) is 6.31. The van der Waals surface area contributed by atoms with Crippen LogP contribution in [0.5, 0.6) is 0 Å². The van der Waals surface area contributed by atoms with Crippen LogP contribution in [0.4, 0.5) is 17.1 Å². The highest BCUT2D eigenvalue weighted by molar-refractivity contribution is 6.06. The monoisotopic (exact) mass is 285 g/mol. The van der Waals surface area contributed by atoms with Crippen molar-refractivity contribution in [2.24, 2.45) is 0 Å². The van der Waals surface area contributed by atoms with E-state index in [0.29, 0.717) is 11.3 Å². The molecule has 0 bridgehead atoms. The van der Waals surface area contributed by atoms with Gasteiger partial charge in [0.25, 0.3) is 11.6 Å². The molecule has 6 nitrogen and oxygen atoms in total. The van der Waals surface area contributed by atoms with Gasteiger partial charge in [0.15, 0.2) is 0 Å². The normalized spacial score (nSPS) is 10.2. The highest BCUT2D eigenvalue weighted by Crippen LogP contribution is 2.28. The lowest BCUT2D eigenvalue weighted by Crippen LogP contribution is -2.13. The van der Waals surface area contributed by atoms with Crippen molar-refractivity contribution in [2.45, 2.75) is 13.8 Å². The maximum atomic E-state index is 12.1. The zero-order valence-corrected chi connectivity index (χ0v) is 11.7. The van der Waals surface area contributed by atoms with Crippen LogP contribution in [0.15, 0.2) is 36.4 Å². The maximum Gasteiger partial charge on any atom is 0.293 e. The SMILES string of the molecule is Cc1cc(NC(=O)c2cccc(N)c2)c([N+](=O)[O-])cc1C. The average Bonchev–Trinajstić information content (AvgIpc) is 2.42. The number of hydrogen-bond donors (Lipinski definition) is 2. The molecular weight excluding hydrogens is 270 g/mol. The van der Waals surface area contributed by atoms with Crippen molar-refractivity contribution in [1.82, 2.24) is 0 Å². The van der Waals surface area contributed by atoms with Crippen LogP contribution in [0.1, 0.15) is 21.5 Å². The topological polar surface area (TPSA) is 98.3 Å². The molecule has 6 heteroatoms. The van der Waals surface area contributed by atoms with Crippen molar-refractivity contribution in [1.29, 1.82) is 0 Å². The number of anilines is 2. The molecule has 0 unspecified atom stereocenters. The Morgan fingerprint density at radius 2 is 1.86 bits per heavy atom. The standard InChI is InChI=1S/C15H15N3O3/c1-9-6-13(14(18(20)21)7-10(9)2)17-15(19)11-4-3-5-12(16)8-11/h3-8H,16H2,1-2H3,(H,17,19). The fourth-order valence-electron chi connectivity index (χ4n) is 1.93. The summed E-state index contributed by atoms with van der Waals surface area (Å²) in [5.41, 5.74) is 8.14. The van der Waals surface area contributed by atoms with Gasteiger partial charge in [-0.2, -0.15) is 0 Å². The van der Waals surface area contributed by atoms with E-state index in [1.807, 2.05) is 6.92 Å². The molecule has 0 radical (unpaired) electrons. The minimum atomic E-state index is -0.512. The highest BCUT2D eigenvalue weighted by Gasteiger charge is 2.18. The van der Waals surface area contributed by atoms with Crippen molar-refractivity contribution < 1.29 is 9.72 Å². The van der Waals surface area contributed by atoms with Gasteiger partial charge in [0.05, 0.1) is 4.92 Å². The van der Waals surface area contributed by atoms with E-state index in [2.05, 4.69) is 5.32 Å². The molecule has 0 heterocycles. The van der Waals surface area contributed by atoms with E-state index in [1.165, 1.54) is 12.1 Å². The molecule has 0 saturated heterocycles. The molecule has 0 aliphatic carbocycles. The highest BCUT2D eigenvalue weighted by atomic mass is 16.6. The van der Waals surface area contributed by atoms with E-state index >= 15 is 0 Å². The molecule has 0 aliphatic heterocycles. The van der Waals surface area contributed by atoms with Crippen LogP contribution in [0.2, 0.25) is 0 Å². The molecule has 3 N–H and O–H groups in total. The summed E-state index contributed by atoms with van der Waals surface area (Å²) in [7, 11) is 0. The molecule has 0 atom stereocenters. The molecule has 2 rings (SSSR count). The van der Waals surface area contributed by atoms with Gasteiger partial charge in [0, 0.05) is 17.3 Å². The third-order valence-corrected chi connectivity index (χ3v) is 3.21. The second-order valence-electron chi connectivity index (χ2n) is 4.79. The summed E-state index contributed by atoms with van der Waals surface area (Å²) in [6.07, 6.45) is 0. The van der Waals surface area contributed by atoms with E-state index < -0.39 is 10.8 Å². The Balaban J connectivity index is 2.37. The molecule has 1 amide bonds. The van der Waals surface area contributed by atoms with E-state index in [9.17, 15) is 14.9 Å². The Bertz CT molecular complexity index is 726. The van der Waals surface area contributed by atoms with Crippen molar-refractivity contribution in [3.63, 3.8) is 0 Å². The number of nitrogen functional groups attached to an aromatic ring is 1. The van der Waals surface area contributed by atoms with Crippen molar-refractivity contribution in [3.05, 3.63) is 63.2 Å². The number of hydrogen-bond acceptors (Lipinski definition) is 4. The quantitative estimate of drug-likeness (QED) is 0.514. The minimum absolute atomic E-state index is 0.129. The molecule has 0 saturated carbocycles. The molecule has 0 spiro atoms. The molecule has 21 heavy (non-hydrogen) atoms. The number of carbonyl (C=O) groups excluding carboxylic acids is 1. The lowest BCUT2D eigenvalue weighted by molar-refractivity contribution is -0.384. The van der Waals surface area contributed by atoms with Gasteiger partial charge in [-0.25, -0.2) is 0 Å². The molecule has 0 aliphatic rings. The molecule has 0 fully saturated rings. The largest absolute Gasteiger partial charge is 0.399 e. The third-order valence-electron chi connectivity index (χ3n) is 3.21. The smallest absolute Gasteiger partial charge is 0.293 e. The summed E-state index contributed by atoms with van der Waals surface area (Å²) in [6.45, 7) is 3.61. The van der Waals surface area contributed by atoms with Crippen LogP contribution in [0.3, 0.4) is 0 Å². The van der Waals surface area contributed by atoms with E-state index in [0.717, 1.165) is 11.1 Å². The van der Waals surface area contributed by atoms with Crippen molar-refractivity contribution in [3.8, 4) is 0 Å². The fraction of sp³-hybridized carbons (Fsp3) is 0.133. The van der Waals surface area contributed by atoms with Gasteiger partial charge < -0.3 is 11.1 Å². The summed E-state index contributed by atoms with van der Waals surface area (Å²) < 4.78 is 0. The van der Waals surface area contributed by atoms with Crippen LogP contribution >= 0.6 is 0 Å². The maximum absolute atomic E-state index is 12.1. The number of nitrogens with one attached hydrogen (secondary N) is 1. The summed E-state index contributed by atoms with van der Waals surface area (Å²) in [5, 5.41) is 13.7. The third kappa shape index (κ3) is 3.17. The first-order valence-electron chi connectivity index (χ1n) is 6.31. The molecule has 0 aromatic heterocycles. The van der Waals surface area contributed by atoms with Crippen molar-refractivity contribution >= 4 is 23.0 Å². The average molecular weight is 285 g/mol. The lowest BCUT2D eigenvalue weighted by Gasteiger charge is -2.09. The van der Waals surface area contributed by atoms with Crippen LogP contribution in [-0.2, 0) is 0 Å². The van der Waals surface area contributed by atoms with Gasteiger partial charge in [-0.3, -0.25) is 14.9 Å². The van der Waals surface area contributed by atoms with E-state index in [4.69, 9.17) is 5.73 Å². The zero-order chi connectivity index (χ0) is 15.6. The van der Waals surface area contributed by atoms with Gasteiger partial charge in [0.1, 0.15) is 5.69 Å². The van der Waals surface area contributed by atoms with Gasteiger partial charge >= 0.3 is 0 Å². The number of rotatable bonds is 3. The first-order chi connectivity index (χ1) is 9.88. The van der Waals surface area contributed by atoms with Gasteiger partial charge in [-0.15, -0.1) is 0 Å². The lowest BCUT2D eigenvalue weighted by atomic mass is 10.1. The Morgan fingerprint density at radius 3 is 2.48 bits per heavy atom. The second-order valence-corrected chi connectivity index (χ2v) is 4.79. The van der Waals surface area contributed by atoms with Gasteiger partial charge in [-0.1, -0.05) is 6.07 Å². The van der Waals surface area contributed by atoms with Gasteiger partial charge in [-0.05, 0) is 49.2 Å². The molecular formula is C15H15N3O3. The van der Waals surface area contributed by atoms with E-state index in [-0.39, 0.29) is 11.4 Å². The minimum Gasteiger partial charge on any atom is -0.399 e. The number of carbonyl (C=O) groups is 1. The van der Waals surface area contributed by atoms with Crippen LogP contribution < -0.4 is 11.1 Å². The number of amides is 1. The van der Waals surface area contributed by atoms with Crippen LogP contribution in [-0.4, -0.2) is 10.8 Å². The number of nitrogens with zero attached hydrogens (tertiary/aromatic N) is 1. The predicted octanol–water partition coefficient (Wildman–Crippen LogP) is 3.05. The number of nitrogens with two attached hydrogens (primary N) is 1. The summed E-state index contributed by atoms with van der Waals surface area (Å²) in [4.78, 5) is 22.7. The molecule has 2 aromatic rings. The summed E-state index contributed by atoms with van der Waals surface area (Å²) >= 11 is 0. The molecule has 2 aromatic carbocycles. The second kappa shape index (κ2) is 5.62. The van der Waals surface area contributed by atoms with Crippen LogP contribution in [0, 0.1) is 24.0 Å². The zero-order valence-electron chi connectivity index (χ0n) is 11.7. The first kappa shape index (κ1) is 14.5.